The van der Waals surface area contributed by atoms with Gasteiger partial charge in [0, 0.05) is 35.4 Å². The Morgan fingerprint density at radius 3 is 2.67 bits per heavy atom. The summed E-state index contributed by atoms with van der Waals surface area (Å²) in [6.07, 6.45) is 8.85. The maximum Gasteiger partial charge on any atom is 0.0838 e. The lowest BCUT2D eigenvalue weighted by atomic mass is 9.88. The normalized spacial score (nSPS) is 18.8. The Bertz CT molecular complexity index is 415. The van der Waals surface area contributed by atoms with E-state index in [0.29, 0.717) is 6.04 Å². The van der Waals surface area contributed by atoms with Gasteiger partial charge in [0.15, 0.2) is 0 Å². The first-order valence-corrected chi connectivity index (χ1v) is 8.97. The summed E-state index contributed by atoms with van der Waals surface area (Å²) < 4.78 is 7.28. The maximum absolute atomic E-state index is 6.25. The minimum absolute atomic E-state index is 0.00132. The van der Waals surface area contributed by atoms with Crippen molar-refractivity contribution in [2.75, 3.05) is 13.2 Å². The molecule has 4 heteroatoms. The van der Waals surface area contributed by atoms with Gasteiger partial charge in [-0.2, -0.15) is 0 Å². The molecule has 3 nitrogen and oxygen atoms in total. The molecule has 0 spiro atoms. The summed E-state index contributed by atoms with van der Waals surface area (Å²) >= 11 is 3.45. The van der Waals surface area contributed by atoms with Crippen molar-refractivity contribution in [3.05, 3.63) is 28.5 Å². The number of halogens is 1. The number of hydrogen-bond acceptors (Lipinski definition) is 3. The van der Waals surface area contributed by atoms with Crippen LogP contribution in [0.4, 0.5) is 0 Å². The topological polar surface area (TPSA) is 34.2 Å². The van der Waals surface area contributed by atoms with Gasteiger partial charge in [-0.3, -0.25) is 4.98 Å². The van der Waals surface area contributed by atoms with Gasteiger partial charge in [-0.1, -0.05) is 19.8 Å². The number of pyridine rings is 1. The first-order valence-electron chi connectivity index (χ1n) is 8.18. The first-order chi connectivity index (χ1) is 10.2. The summed E-state index contributed by atoms with van der Waals surface area (Å²) in [4.78, 5) is 4.55. The Labute approximate surface area is 137 Å². The SMILES string of the molecule is CCCNC(Cc1ccc(Br)cn1)C1(OCC)CCCC1. The lowest BCUT2D eigenvalue weighted by Gasteiger charge is -2.38. The van der Waals surface area contributed by atoms with Gasteiger partial charge in [-0.15, -0.1) is 0 Å². The fourth-order valence-corrected chi connectivity index (χ4v) is 3.59. The van der Waals surface area contributed by atoms with E-state index in [1.165, 1.54) is 25.7 Å². The molecule has 1 aromatic rings. The quantitative estimate of drug-likeness (QED) is 0.762. The standard InChI is InChI=1S/C17H27BrN2O/c1-3-11-19-16(12-15-8-7-14(18)13-20-15)17(21-4-2)9-5-6-10-17/h7-8,13,16,19H,3-6,9-12H2,1-2H3. The second-order valence-electron chi connectivity index (χ2n) is 5.88. The van der Waals surface area contributed by atoms with Crippen LogP contribution in [0, 0.1) is 0 Å². The van der Waals surface area contributed by atoms with Crippen molar-refractivity contribution in [3.63, 3.8) is 0 Å². The highest BCUT2D eigenvalue weighted by Gasteiger charge is 2.41. The van der Waals surface area contributed by atoms with Crippen LogP contribution in [-0.2, 0) is 11.2 Å². The molecule has 1 aliphatic carbocycles. The van der Waals surface area contributed by atoms with Crippen LogP contribution in [0.3, 0.4) is 0 Å². The smallest absolute Gasteiger partial charge is 0.0838 e. The Hall–Kier alpha value is -0.450. The molecule has 0 radical (unpaired) electrons. The van der Waals surface area contributed by atoms with Crippen molar-refractivity contribution in [2.45, 2.75) is 64.0 Å². The van der Waals surface area contributed by atoms with E-state index < -0.39 is 0 Å². The van der Waals surface area contributed by atoms with Crippen molar-refractivity contribution in [3.8, 4) is 0 Å². The van der Waals surface area contributed by atoms with Crippen LogP contribution in [0.5, 0.6) is 0 Å². The van der Waals surface area contributed by atoms with Crippen LogP contribution in [-0.4, -0.2) is 29.8 Å². The van der Waals surface area contributed by atoms with Crippen LogP contribution in [0.15, 0.2) is 22.8 Å². The monoisotopic (exact) mass is 354 g/mol. The largest absolute Gasteiger partial charge is 0.374 e. The van der Waals surface area contributed by atoms with Gasteiger partial charge in [0.05, 0.1) is 5.60 Å². The predicted molar refractivity (Wildman–Crippen MR) is 90.5 cm³/mol. The summed E-state index contributed by atoms with van der Waals surface area (Å²) in [7, 11) is 0. The summed E-state index contributed by atoms with van der Waals surface area (Å²) in [6, 6.07) is 4.54. The van der Waals surface area contributed by atoms with Crippen LogP contribution >= 0.6 is 15.9 Å². The highest BCUT2D eigenvalue weighted by atomic mass is 79.9. The molecule has 21 heavy (non-hydrogen) atoms. The van der Waals surface area contributed by atoms with Gasteiger partial charge in [-0.25, -0.2) is 0 Å². The fourth-order valence-electron chi connectivity index (χ4n) is 3.35. The van der Waals surface area contributed by atoms with Crippen molar-refractivity contribution in [2.24, 2.45) is 0 Å². The van der Waals surface area contributed by atoms with E-state index in [-0.39, 0.29) is 5.60 Å². The van der Waals surface area contributed by atoms with E-state index in [1.54, 1.807) is 0 Å². The minimum Gasteiger partial charge on any atom is -0.374 e. The molecule has 1 heterocycles. The molecule has 1 fully saturated rings. The Kier molecular flexibility index (Phi) is 6.65. The van der Waals surface area contributed by atoms with Gasteiger partial charge >= 0.3 is 0 Å². The van der Waals surface area contributed by atoms with Gasteiger partial charge in [0.1, 0.15) is 0 Å². The summed E-state index contributed by atoms with van der Waals surface area (Å²) in [5.74, 6) is 0. The predicted octanol–water partition coefficient (Wildman–Crippen LogP) is 4.10. The van der Waals surface area contributed by atoms with E-state index >= 15 is 0 Å². The van der Waals surface area contributed by atoms with E-state index in [4.69, 9.17) is 4.74 Å². The number of nitrogens with one attached hydrogen (secondary N) is 1. The molecule has 0 aliphatic heterocycles. The van der Waals surface area contributed by atoms with E-state index in [9.17, 15) is 0 Å². The molecular formula is C17H27BrN2O. The van der Waals surface area contributed by atoms with Crippen molar-refractivity contribution in [1.29, 1.82) is 0 Å². The third-order valence-electron chi connectivity index (χ3n) is 4.36. The molecule has 1 atom stereocenters. The van der Waals surface area contributed by atoms with Gasteiger partial charge in [-0.05, 0) is 60.8 Å². The molecule has 2 rings (SSSR count). The molecular weight excluding hydrogens is 328 g/mol. The van der Waals surface area contributed by atoms with Crippen LogP contribution in [0.2, 0.25) is 0 Å². The average molecular weight is 355 g/mol. The molecule has 0 bridgehead atoms. The number of rotatable bonds is 8. The lowest BCUT2D eigenvalue weighted by molar-refractivity contribution is -0.0614. The van der Waals surface area contributed by atoms with Crippen LogP contribution in [0.25, 0.3) is 0 Å². The van der Waals surface area contributed by atoms with Gasteiger partial charge < -0.3 is 10.1 Å². The zero-order valence-electron chi connectivity index (χ0n) is 13.2. The van der Waals surface area contributed by atoms with Crippen LogP contribution in [0.1, 0.15) is 51.6 Å². The molecule has 118 valence electrons. The molecule has 1 aliphatic rings. The number of nitrogens with zero attached hydrogens (tertiary/aromatic N) is 1. The summed E-state index contributed by atoms with van der Waals surface area (Å²) in [5, 5.41) is 3.72. The highest BCUT2D eigenvalue weighted by molar-refractivity contribution is 9.10. The molecule has 1 aromatic heterocycles. The molecule has 0 amide bonds. The second-order valence-corrected chi connectivity index (χ2v) is 6.80. The van der Waals surface area contributed by atoms with Gasteiger partial charge in [0.25, 0.3) is 0 Å². The third-order valence-corrected chi connectivity index (χ3v) is 4.83. The highest BCUT2D eigenvalue weighted by Crippen LogP contribution is 2.37. The zero-order valence-corrected chi connectivity index (χ0v) is 14.8. The molecule has 1 saturated carbocycles. The number of hydrogen-bond donors (Lipinski definition) is 1. The Morgan fingerprint density at radius 2 is 2.10 bits per heavy atom. The summed E-state index contributed by atoms with van der Waals surface area (Å²) in [5.41, 5.74) is 1.14. The third kappa shape index (κ3) is 4.51. The minimum atomic E-state index is -0.00132. The van der Waals surface area contributed by atoms with Crippen molar-refractivity contribution >= 4 is 15.9 Å². The van der Waals surface area contributed by atoms with E-state index in [1.807, 2.05) is 6.20 Å². The summed E-state index contributed by atoms with van der Waals surface area (Å²) in [6.45, 7) is 6.15. The van der Waals surface area contributed by atoms with Crippen molar-refractivity contribution in [1.82, 2.24) is 10.3 Å². The van der Waals surface area contributed by atoms with Crippen LogP contribution < -0.4 is 5.32 Å². The zero-order chi connectivity index (χ0) is 15.1. The number of ether oxygens (including phenoxy) is 1. The first kappa shape index (κ1) is 16.9. The van der Waals surface area contributed by atoms with Crippen molar-refractivity contribution < 1.29 is 4.74 Å². The molecule has 1 unspecified atom stereocenters. The number of aromatic nitrogens is 1. The van der Waals surface area contributed by atoms with Gasteiger partial charge in [0.2, 0.25) is 0 Å². The maximum atomic E-state index is 6.25. The molecule has 1 N–H and O–H groups in total. The lowest BCUT2D eigenvalue weighted by Crippen LogP contribution is -2.52. The molecule has 0 saturated heterocycles. The van der Waals surface area contributed by atoms with E-state index in [2.05, 4.69) is 52.2 Å². The molecule has 0 aromatic carbocycles. The Morgan fingerprint density at radius 1 is 1.33 bits per heavy atom. The average Bonchev–Trinajstić information content (AvgIpc) is 2.95. The Balaban J connectivity index is 2.13. The van der Waals surface area contributed by atoms with E-state index in [0.717, 1.165) is 36.2 Å². The fraction of sp³-hybridized carbons (Fsp3) is 0.706. The second kappa shape index (κ2) is 8.25.